The SMILES string of the molecule is CCCCCC=CCCC=CC(O)C(N)CO. The second-order valence-electron chi connectivity index (χ2n) is 4.31. The van der Waals surface area contributed by atoms with E-state index in [0.717, 1.165) is 19.3 Å². The average Bonchev–Trinajstić information content (AvgIpc) is 2.35. The number of aliphatic hydroxyl groups is 2. The van der Waals surface area contributed by atoms with E-state index in [9.17, 15) is 5.11 Å². The highest BCUT2D eigenvalue weighted by molar-refractivity contribution is 4.95. The van der Waals surface area contributed by atoms with E-state index in [4.69, 9.17) is 10.8 Å². The quantitative estimate of drug-likeness (QED) is 0.405. The first-order valence-electron chi connectivity index (χ1n) is 6.58. The third-order valence-electron chi connectivity index (χ3n) is 2.62. The Morgan fingerprint density at radius 2 is 1.71 bits per heavy atom. The Morgan fingerprint density at radius 3 is 2.35 bits per heavy atom. The number of rotatable bonds is 10. The molecule has 0 aromatic heterocycles. The van der Waals surface area contributed by atoms with Crippen molar-refractivity contribution in [3.63, 3.8) is 0 Å². The van der Waals surface area contributed by atoms with Crippen LogP contribution in [0.25, 0.3) is 0 Å². The summed E-state index contributed by atoms with van der Waals surface area (Å²) in [5.74, 6) is 0. The summed E-state index contributed by atoms with van der Waals surface area (Å²) < 4.78 is 0. The lowest BCUT2D eigenvalue weighted by atomic mass is 10.1. The molecule has 0 aliphatic heterocycles. The van der Waals surface area contributed by atoms with E-state index < -0.39 is 12.1 Å². The Labute approximate surface area is 105 Å². The van der Waals surface area contributed by atoms with Gasteiger partial charge >= 0.3 is 0 Å². The average molecular weight is 241 g/mol. The van der Waals surface area contributed by atoms with Gasteiger partial charge in [-0.15, -0.1) is 0 Å². The topological polar surface area (TPSA) is 66.5 Å². The Balaban J connectivity index is 3.46. The summed E-state index contributed by atoms with van der Waals surface area (Å²) in [6.07, 6.45) is 14.1. The predicted octanol–water partition coefficient (Wildman–Crippen LogP) is 2.14. The van der Waals surface area contributed by atoms with Gasteiger partial charge in [-0.05, 0) is 25.7 Å². The van der Waals surface area contributed by atoms with Gasteiger partial charge < -0.3 is 15.9 Å². The molecule has 0 aromatic rings. The van der Waals surface area contributed by atoms with Crippen LogP contribution in [-0.4, -0.2) is 29.0 Å². The van der Waals surface area contributed by atoms with E-state index in [1.54, 1.807) is 6.08 Å². The summed E-state index contributed by atoms with van der Waals surface area (Å²) in [4.78, 5) is 0. The highest BCUT2D eigenvalue weighted by atomic mass is 16.3. The van der Waals surface area contributed by atoms with Crippen LogP contribution in [0.5, 0.6) is 0 Å². The van der Waals surface area contributed by atoms with Gasteiger partial charge in [0, 0.05) is 0 Å². The standard InChI is InChI=1S/C14H27NO2/c1-2-3-4-5-6-7-8-9-10-11-14(17)13(15)12-16/h6-7,10-11,13-14,16-17H,2-5,8-9,12,15H2,1H3. The molecule has 0 spiro atoms. The lowest BCUT2D eigenvalue weighted by Crippen LogP contribution is -2.36. The van der Waals surface area contributed by atoms with Gasteiger partial charge in [0.25, 0.3) is 0 Å². The second-order valence-corrected chi connectivity index (χ2v) is 4.31. The highest BCUT2D eigenvalue weighted by Gasteiger charge is 2.08. The molecule has 0 fully saturated rings. The van der Waals surface area contributed by atoms with Crippen molar-refractivity contribution in [2.75, 3.05) is 6.61 Å². The first kappa shape index (κ1) is 16.4. The molecular weight excluding hydrogens is 214 g/mol. The van der Waals surface area contributed by atoms with Crippen LogP contribution in [0, 0.1) is 0 Å². The summed E-state index contributed by atoms with van der Waals surface area (Å²) in [6.45, 7) is 2.01. The minimum absolute atomic E-state index is 0.192. The zero-order valence-electron chi connectivity index (χ0n) is 10.9. The van der Waals surface area contributed by atoms with Gasteiger partial charge in [0.05, 0.1) is 18.8 Å². The molecule has 100 valence electrons. The van der Waals surface area contributed by atoms with Crippen LogP contribution in [-0.2, 0) is 0 Å². The van der Waals surface area contributed by atoms with Crippen LogP contribution in [0.4, 0.5) is 0 Å². The molecule has 0 radical (unpaired) electrons. The minimum Gasteiger partial charge on any atom is -0.395 e. The molecule has 3 nitrogen and oxygen atoms in total. The van der Waals surface area contributed by atoms with Gasteiger partial charge in [0.1, 0.15) is 0 Å². The van der Waals surface area contributed by atoms with Gasteiger partial charge in [0.15, 0.2) is 0 Å². The predicted molar refractivity (Wildman–Crippen MR) is 72.7 cm³/mol. The maximum atomic E-state index is 9.43. The second kappa shape index (κ2) is 11.8. The number of unbranched alkanes of at least 4 members (excludes halogenated alkanes) is 4. The van der Waals surface area contributed by atoms with Crippen molar-refractivity contribution in [3.8, 4) is 0 Å². The Morgan fingerprint density at radius 1 is 1.06 bits per heavy atom. The number of aliphatic hydroxyl groups excluding tert-OH is 2. The molecule has 3 heteroatoms. The molecule has 0 saturated carbocycles. The Kier molecular flexibility index (Phi) is 11.4. The third kappa shape index (κ3) is 10.2. The highest BCUT2D eigenvalue weighted by Crippen LogP contribution is 2.02. The summed E-state index contributed by atoms with van der Waals surface area (Å²) in [7, 11) is 0. The molecular formula is C14H27NO2. The molecule has 2 atom stereocenters. The van der Waals surface area contributed by atoms with Crippen molar-refractivity contribution in [3.05, 3.63) is 24.3 Å². The first-order chi connectivity index (χ1) is 8.22. The molecule has 4 N–H and O–H groups in total. The van der Waals surface area contributed by atoms with E-state index in [1.165, 1.54) is 19.3 Å². The van der Waals surface area contributed by atoms with Gasteiger partial charge in [-0.3, -0.25) is 0 Å². The smallest absolute Gasteiger partial charge is 0.0894 e. The van der Waals surface area contributed by atoms with Crippen molar-refractivity contribution < 1.29 is 10.2 Å². The minimum atomic E-state index is -0.742. The summed E-state index contributed by atoms with van der Waals surface area (Å²) >= 11 is 0. The van der Waals surface area contributed by atoms with Gasteiger partial charge in [-0.2, -0.15) is 0 Å². The van der Waals surface area contributed by atoms with E-state index in [1.807, 2.05) is 6.08 Å². The van der Waals surface area contributed by atoms with Crippen LogP contribution in [0.15, 0.2) is 24.3 Å². The van der Waals surface area contributed by atoms with E-state index in [-0.39, 0.29) is 6.61 Å². The Hall–Kier alpha value is -0.640. The molecule has 0 rings (SSSR count). The van der Waals surface area contributed by atoms with Crippen LogP contribution in [0.1, 0.15) is 45.4 Å². The zero-order valence-corrected chi connectivity index (χ0v) is 10.9. The molecule has 2 unspecified atom stereocenters. The van der Waals surface area contributed by atoms with Gasteiger partial charge in [0.2, 0.25) is 0 Å². The van der Waals surface area contributed by atoms with Crippen LogP contribution < -0.4 is 5.73 Å². The molecule has 0 bridgehead atoms. The van der Waals surface area contributed by atoms with E-state index in [0.29, 0.717) is 0 Å². The number of hydrogen-bond donors (Lipinski definition) is 3. The fraction of sp³-hybridized carbons (Fsp3) is 0.714. The lowest BCUT2D eigenvalue weighted by Gasteiger charge is -2.11. The fourth-order valence-corrected chi connectivity index (χ4v) is 1.43. The third-order valence-corrected chi connectivity index (χ3v) is 2.62. The zero-order chi connectivity index (χ0) is 12.9. The van der Waals surface area contributed by atoms with Crippen molar-refractivity contribution in [2.45, 2.75) is 57.6 Å². The summed E-state index contributed by atoms with van der Waals surface area (Å²) in [5.41, 5.74) is 5.46. The normalized spacial score (nSPS) is 15.8. The molecule has 0 amide bonds. The molecule has 0 aliphatic rings. The fourth-order valence-electron chi connectivity index (χ4n) is 1.43. The molecule has 0 saturated heterocycles. The molecule has 0 aromatic carbocycles. The van der Waals surface area contributed by atoms with Gasteiger partial charge in [-0.25, -0.2) is 0 Å². The van der Waals surface area contributed by atoms with Crippen molar-refractivity contribution in [1.82, 2.24) is 0 Å². The first-order valence-corrected chi connectivity index (χ1v) is 6.58. The van der Waals surface area contributed by atoms with Crippen LogP contribution in [0.2, 0.25) is 0 Å². The molecule has 17 heavy (non-hydrogen) atoms. The number of nitrogens with two attached hydrogens (primary N) is 1. The number of hydrogen-bond acceptors (Lipinski definition) is 3. The summed E-state index contributed by atoms with van der Waals surface area (Å²) in [6, 6.07) is -0.573. The lowest BCUT2D eigenvalue weighted by molar-refractivity contribution is 0.144. The van der Waals surface area contributed by atoms with Crippen molar-refractivity contribution in [1.29, 1.82) is 0 Å². The molecule has 0 heterocycles. The van der Waals surface area contributed by atoms with Crippen LogP contribution >= 0.6 is 0 Å². The summed E-state index contributed by atoms with van der Waals surface area (Å²) in [5, 5.41) is 18.1. The van der Waals surface area contributed by atoms with Crippen LogP contribution in [0.3, 0.4) is 0 Å². The monoisotopic (exact) mass is 241 g/mol. The van der Waals surface area contributed by atoms with E-state index >= 15 is 0 Å². The van der Waals surface area contributed by atoms with Crippen molar-refractivity contribution in [2.24, 2.45) is 5.73 Å². The van der Waals surface area contributed by atoms with E-state index in [2.05, 4.69) is 19.1 Å². The number of allylic oxidation sites excluding steroid dienone is 3. The van der Waals surface area contributed by atoms with Gasteiger partial charge in [-0.1, -0.05) is 44.1 Å². The maximum Gasteiger partial charge on any atom is 0.0894 e. The largest absolute Gasteiger partial charge is 0.395 e. The maximum absolute atomic E-state index is 9.43. The molecule has 0 aliphatic carbocycles. The Bertz CT molecular complexity index is 214. The van der Waals surface area contributed by atoms with Crippen molar-refractivity contribution >= 4 is 0 Å².